The van der Waals surface area contributed by atoms with Gasteiger partial charge in [0, 0.05) is 6.54 Å². The lowest BCUT2D eigenvalue weighted by Gasteiger charge is -2.26. The first-order valence-corrected chi connectivity index (χ1v) is 8.12. The van der Waals surface area contributed by atoms with Gasteiger partial charge in [0.2, 0.25) is 11.8 Å². The number of nitrogens with two attached hydrogens (primary N) is 1. The van der Waals surface area contributed by atoms with E-state index < -0.39 is 23.3 Å². The fourth-order valence-corrected chi connectivity index (χ4v) is 2.95. The number of carbonyl (C=O) groups is 2. The highest BCUT2D eigenvalue weighted by atomic mass is 19.1. The number of para-hydroxylation sites is 1. The number of anilines is 1. The van der Waals surface area contributed by atoms with Crippen molar-refractivity contribution in [2.75, 3.05) is 11.4 Å². The van der Waals surface area contributed by atoms with Crippen LogP contribution in [0.4, 0.5) is 10.1 Å². The van der Waals surface area contributed by atoms with E-state index in [9.17, 15) is 14.0 Å². The van der Waals surface area contributed by atoms with E-state index in [-0.39, 0.29) is 11.6 Å². The van der Waals surface area contributed by atoms with Crippen LogP contribution < -0.4 is 16.0 Å². The van der Waals surface area contributed by atoms with E-state index in [1.807, 2.05) is 6.07 Å². The quantitative estimate of drug-likeness (QED) is 0.892. The third kappa shape index (κ3) is 3.25. The molecule has 1 aliphatic heterocycles. The van der Waals surface area contributed by atoms with E-state index in [1.54, 1.807) is 49.4 Å². The molecule has 1 fully saturated rings. The summed E-state index contributed by atoms with van der Waals surface area (Å²) in [5.41, 5.74) is 5.80. The number of hydrogen-bond donors (Lipinski definition) is 2. The van der Waals surface area contributed by atoms with Gasteiger partial charge in [-0.05, 0) is 31.0 Å². The summed E-state index contributed by atoms with van der Waals surface area (Å²) >= 11 is 0. The smallest absolute Gasteiger partial charge is 0.249 e. The minimum atomic E-state index is -1.26. The standard InChI is InChI=1S/C19H20FN3O2/c1-19(21,13-7-3-2-4-8-13)18(25)22-15-11-12-23(17(15)24)16-10-6-5-9-14(16)20/h2-10,15H,11-12,21H2,1H3,(H,22,25). The lowest BCUT2D eigenvalue weighted by Crippen LogP contribution is -2.53. The van der Waals surface area contributed by atoms with Crippen molar-refractivity contribution in [1.29, 1.82) is 0 Å². The predicted octanol–water partition coefficient (Wildman–Crippen LogP) is 1.92. The average molecular weight is 341 g/mol. The molecule has 2 aromatic rings. The van der Waals surface area contributed by atoms with Crippen LogP contribution in [-0.4, -0.2) is 24.4 Å². The Morgan fingerprint density at radius 2 is 1.84 bits per heavy atom. The summed E-state index contributed by atoms with van der Waals surface area (Å²) in [6, 6.07) is 14.4. The highest BCUT2D eigenvalue weighted by Crippen LogP contribution is 2.25. The van der Waals surface area contributed by atoms with Crippen LogP contribution in [0.5, 0.6) is 0 Å². The van der Waals surface area contributed by atoms with Gasteiger partial charge in [0.1, 0.15) is 17.4 Å². The first-order valence-electron chi connectivity index (χ1n) is 8.12. The van der Waals surface area contributed by atoms with Gasteiger partial charge in [-0.15, -0.1) is 0 Å². The largest absolute Gasteiger partial charge is 0.342 e. The number of carbonyl (C=O) groups excluding carboxylic acids is 2. The highest BCUT2D eigenvalue weighted by Gasteiger charge is 2.38. The maximum atomic E-state index is 13.9. The van der Waals surface area contributed by atoms with Gasteiger partial charge in [-0.3, -0.25) is 9.59 Å². The normalized spacial score (nSPS) is 19.6. The molecule has 25 heavy (non-hydrogen) atoms. The van der Waals surface area contributed by atoms with Gasteiger partial charge in [-0.25, -0.2) is 4.39 Å². The molecule has 0 radical (unpaired) electrons. The minimum Gasteiger partial charge on any atom is -0.342 e. The summed E-state index contributed by atoms with van der Waals surface area (Å²) in [5, 5.41) is 2.71. The molecule has 2 amide bonds. The second-order valence-electron chi connectivity index (χ2n) is 6.32. The van der Waals surface area contributed by atoms with E-state index in [1.165, 1.54) is 11.0 Å². The lowest BCUT2D eigenvalue weighted by molar-refractivity contribution is -0.130. The summed E-state index contributed by atoms with van der Waals surface area (Å²) in [4.78, 5) is 26.5. The molecule has 0 bridgehead atoms. The zero-order chi connectivity index (χ0) is 18.0. The molecule has 1 aliphatic rings. The number of hydrogen-bond acceptors (Lipinski definition) is 3. The zero-order valence-corrected chi connectivity index (χ0v) is 13.9. The van der Waals surface area contributed by atoms with Gasteiger partial charge in [-0.2, -0.15) is 0 Å². The van der Waals surface area contributed by atoms with Crippen LogP contribution in [0.25, 0.3) is 0 Å². The van der Waals surface area contributed by atoms with Crippen LogP contribution in [0.3, 0.4) is 0 Å². The predicted molar refractivity (Wildman–Crippen MR) is 93.3 cm³/mol. The molecule has 2 unspecified atom stereocenters. The fraction of sp³-hybridized carbons (Fsp3) is 0.263. The second kappa shape index (κ2) is 6.64. The molecule has 2 aromatic carbocycles. The van der Waals surface area contributed by atoms with Gasteiger partial charge in [0.15, 0.2) is 0 Å². The third-order valence-electron chi connectivity index (χ3n) is 4.50. The molecule has 6 heteroatoms. The highest BCUT2D eigenvalue weighted by molar-refractivity contribution is 6.02. The first kappa shape index (κ1) is 17.1. The number of halogens is 1. The Hall–Kier alpha value is -2.73. The molecular formula is C19H20FN3O2. The van der Waals surface area contributed by atoms with Crippen LogP contribution in [0.15, 0.2) is 54.6 Å². The second-order valence-corrected chi connectivity index (χ2v) is 6.32. The molecular weight excluding hydrogens is 321 g/mol. The van der Waals surface area contributed by atoms with Crippen molar-refractivity contribution in [1.82, 2.24) is 5.32 Å². The number of amides is 2. The average Bonchev–Trinajstić information content (AvgIpc) is 2.97. The number of nitrogens with one attached hydrogen (secondary N) is 1. The van der Waals surface area contributed by atoms with Gasteiger partial charge < -0.3 is 16.0 Å². The first-order chi connectivity index (χ1) is 11.9. The van der Waals surface area contributed by atoms with Crippen LogP contribution in [0.1, 0.15) is 18.9 Å². The molecule has 0 saturated carbocycles. The summed E-state index contributed by atoms with van der Waals surface area (Å²) in [6.45, 7) is 1.95. The van der Waals surface area contributed by atoms with Crippen molar-refractivity contribution in [2.45, 2.75) is 24.9 Å². The Morgan fingerprint density at radius 1 is 1.20 bits per heavy atom. The van der Waals surface area contributed by atoms with Gasteiger partial charge in [0.25, 0.3) is 0 Å². The fourth-order valence-electron chi connectivity index (χ4n) is 2.95. The van der Waals surface area contributed by atoms with Gasteiger partial charge in [-0.1, -0.05) is 42.5 Å². The molecule has 2 atom stereocenters. The Bertz CT molecular complexity index is 792. The van der Waals surface area contributed by atoms with E-state index in [4.69, 9.17) is 5.73 Å². The van der Waals surface area contributed by atoms with Crippen LogP contribution in [0.2, 0.25) is 0 Å². The van der Waals surface area contributed by atoms with Crippen molar-refractivity contribution in [3.63, 3.8) is 0 Å². The Balaban J connectivity index is 1.73. The van der Waals surface area contributed by atoms with Gasteiger partial charge >= 0.3 is 0 Å². The number of nitrogens with zero attached hydrogens (tertiary/aromatic N) is 1. The van der Waals surface area contributed by atoms with Crippen molar-refractivity contribution in [3.05, 3.63) is 66.0 Å². The van der Waals surface area contributed by atoms with E-state index >= 15 is 0 Å². The molecule has 3 rings (SSSR count). The van der Waals surface area contributed by atoms with E-state index in [0.29, 0.717) is 18.5 Å². The molecule has 0 aromatic heterocycles. The summed E-state index contributed by atoms with van der Waals surface area (Å²) in [7, 11) is 0. The van der Waals surface area contributed by atoms with Crippen molar-refractivity contribution < 1.29 is 14.0 Å². The van der Waals surface area contributed by atoms with Crippen LogP contribution in [0, 0.1) is 5.82 Å². The number of benzene rings is 2. The van der Waals surface area contributed by atoms with Crippen molar-refractivity contribution in [2.24, 2.45) is 5.73 Å². The molecule has 5 nitrogen and oxygen atoms in total. The Morgan fingerprint density at radius 3 is 2.52 bits per heavy atom. The lowest BCUT2D eigenvalue weighted by atomic mass is 9.92. The number of rotatable bonds is 4. The zero-order valence-electron chi connectivity index (χ0n) is 13.9. The molecule has 0 aliphatic carbocycles. The Kier molecular flexibility index (Phi) is 4.55. The maximum absolute atomic E-state index is 13.9. The van der Waals surface area contributed by atoms with Crippen molar-refractivity contribution in [3.8, 4) is 0 Å². The molecule has 130 valence electrons. The molecule has 3 N–H and O–H groups in total. The van der Waals surface area contributed by atoms with E-state index in [2.05, 4.69) is 5.32 Å². The van der Waals surface area contributed by atoms with Crippen LogP contribution >= 0.6 is 0 Å². The van der Waals surface area contributed by atoms with Crippen LogP contribution in [-0.2, 0) is 15.1 Å². The van der Waals surface area contributed by atoms with Gasteiger partial charge in [0.05, 0.1) is 5.69 Å². The SMILES string of the molecule is CC(N)(C(=O)NC1CCN(c2ccccc2F)C1=O)c1ccccc1. The summed E-state index contributed by atoms with van der Waals surface area (Å²) < 4.78 is 13.9. The molecule has 1 heterocycles. The Labute approximate surface area is 145 Å². The third-order valence-corrected chi connectivity index (χ3v) is 4.50. The minimum absolute atomic E-state index is 0.225. The van der Waals surface area contributed by atoms with Crippen molar-refractivity contribution >= 4 is 17.5 Å². The summed E-state index contributed by atoms with van der Waals surface area (Å²) in [5.74, 6) is -1.23. The van der Waals surface area contributed by atoms with E-state index in [0.717, 1.165) is 0 Å². The molecule has 0 spiro atoms. The maximum Gasteiger partial charge on any atom is 0.249 e. The topological polar surface area (TPSA) is 75.4 Å². The monoisotopic (exact) mass is 341 g/mol. The molecule has 1 saturated heterocycles. The summed E-state index contributed by atoms with van der Waals surface area (Å²) in [6.07, 6.45) is 0.407.